The lowest BCUT2D eigenvalue weighted by Crippen LogP contribution is -2.62. The van der Waals surface area contributed by atoms with E-state index in [0.29, 0.717) is 13.0 Å². The standard InChI is InChI=1S/C41H67N5O6S/c1-9-28-23-41(28,35(50)45-53(51,52)26(2)27-17-12-10-13-18-27)44-32(47)29-24-40(37(6,7)39(40)21-16-22-39)25-46(29)34(49)31(36(3,4)5)43-33(48)30(42)38(8)19-14-11-15-20-38/h9,26-31H,1,10-25,42H2,2-8H3,(H,43,48)(H,44,47)(H,45,50). The van der Waals surface area contributed by atoms with Crippen molar-refractivity contribution in [1.29, 1.82) is 0 Å². The molecule has 12 heteroatoms. The third-order valence-corrected chi connectivity index (χ3v) is 17.7. The summed E-state index contributed by atoms with van der Waals surface area (Å²) in [5.74, 6) is -2.40. The van der Waals surface area contributed by atoms with E-state index in [9.17, 15) is 27.6 Å². The van der Waals surface area contributed by atoms with Crippen LogP contribution in [0.3, 0.4) is 0 Å². The van der Waals surface area contributed by atoms with Gasteiger partial charge in [-0.1, -0.05) is 92.6 Å². The molecule has 5 aliphatic carbocycles. The highest BCUT2D eigenvalue weighted by molar-refractivity contribution is 7.90. The molecule has 298 valence electrons. The molecule has 6 rings (SSSR count). The largest absolute Gasteiger partial charge is 0.342 e. The van der Waals surface area contributed by atoms with Crippen molar-refractivity contribution in [3.8, 4) is 0 Å². The van der Waals surface area contributed by atoms with E-state index in [1.165, 1.54) is 0 Å². The number of hydrogen-bond acceptors (Lipinski definition) is 7. The van der Waals surface area contributed by atoms with E-state index in [1.54, 1.807) is 17.9 Å². The molecule has 1 saturated heterocycles. The Morgan fingerprint density at radius 1 is 0.887 bits per heavy atom. The topological polar surface area (TPSA) is 168 Å². The molecular formula is C41H67N5O6S. The van der Waals surface area contributed by atoms with Crippen molar-refractivity contribution < 1.29 is 27.6 Å². The van der Waals surface area contributed by atoms with Gasteiger partial charge in [0, 0.05) is 17.9 Å². The first kappa shape index (κ1) is 40.2. The minimum absolute atomic E-state index is 0.0214. The summed E-state index contributed by atoms with van der Waals surface area (Å²) >= 11 is 0. The SMILES string of the molecule is C=CC1CC1(NC(=O)C1CC2(CN1C(=O)C(NC(=O)C(N)C1(C)CCCCC1)C(C)(C)C)C(C)(C)C21CCC1)C(=O)NS(=O)(=O)C(C)C1CCCCC1. The minimum Gasteiger partial charge on any atom is -0.342 e. The van der Waals surface area contributed by atoms with Gasteiger partial charge in [0.25, 0.3) is 5.91 Å². The number of nitrogens with one attached hydrogen (secondary N) is 3. The van der Waals surface area contributed by atoms with E-state index in [0.717, 1.165) is 83.5 Å². The van der Waals surface area contributed by atoms with Gasteiger partial charge in [-0.25, -0.2) is 8.42 Å². The molecule has 53 heavy (non-hydrogen) atoms. The highest BCUT2D eigenvalue weighted by Crippen LogP contribution is 2.88. The van der Waals surface area contributed by atoms with Crippen molar-refractivity contribution in [1.82, 2.24) is 20.3 Å². The summed E-state index contributed by atoms with van der Waals surface area (Å²) in [4.78, 5) is 59.0. The van der Waals surface area contributed by atoms with Crippen molar-refractivity contribution in [2.45, 2.75) is 174 Å². The van der Waals surface area contributed by atoms with Gasteiger partial charge >= 0.3 is 0 Å². The summed E-state index contributed by atoms with van der Waals surface area (Å²) in [6.45, 7) is 18.2. The Bertz CT molecular complexity index is 1600. The Kier molecular flexibility index (Phi) is 10.3. The molecule has 0 aromatic rings. The fourth-order valence-electron chi connectivity index (χ4n) is 11.6. The van der Waals surface area contributed by atoms with Gasteiger partial charge in [0.05, 0.1) is 11.3 Å². The summed E-state index contributed by atoms with van der Waals surface area (Å²) in [6, 6.07) is -2.61. The maximum absolute atomic E-state index is 14.9. The van der Waals surface area contributed by atoms with Crippen molar-refractivity contribution in [2.75, 3.05) is 6.54 Å². The van der Waals surface area contributed by atoms with Gasteiger partial charge in [-0.3, -0.25) is 23.9 Å². The molecule has 1 heterocycles. The van der Waals surface area contributed by atoms with Gasteiger partial charge < -0.3 is 21.3 Å². The van der Waals surface area contributed by atoms with Crippen LogP contribution in [0, 0.1) is 38.9 Å². The molecule has 5 saturated carbocycles. The second-order valence-electron chi connectivity index (χ2n) is 19.9. The zero-order valence-electron chi connectivity index (χ0n) is 33.4. The summed E-state index contributed by atoms with van der Waals surface area (Å²) in [5.41, 5.74) is 3.74. The molecule has 2 spiro atoms. The molecule has 11 nitrogen and oxygen atoms in total. The first-order valence-electron chi connectivity index (χ1n) is 20.5. The average molecular weight is 758 g/mol. The summed E-state index contributed by atoms with van der Waals surface area (Å²) < 4.78 is 29.4. The van der Waals surface area contributed by atoms with Gasteiger partial charge in [-0.15, -0.1) is 6.58 Å². The summed E-state index contributed by atoms with van der Waals surface area (Å²) in [5, 5.41) is 5.31. The van der Waals surface area contributed by atoms with Crippen LogP contribution in [-0.2, 0) is 29.2 Å². The number of nitrogens with zero attached hydrogens (tertiary/aromatic N) is 1. The molecular weight excluding hydrogens is 691 g/mol. The van der Waals surface area contributed by atoms with Crippen LogP contribution in [0.2, 0.25) is 0 Å². The fourth-order valence-corrected chi connectivity index (χ4v) is 13.0. The Morgan fingerprint density at radius 3 is 2.00 bits per heavy atom. The molecule has 1 aliphatic heterocycles. The average Bonchev–Trinajstić information content (AvgIpc) is 3.81. The second kappa shape index (κ2) is 13.6. The highest BCUT2D eigenvalue weighted by Gasteiger charge is 2.85. The lowest BCUT2D eigenvalue weighted by Gasteiger charge is -2.40. The van der Waals surface area contributed by atoms with Gasteiger partial charge in [-0.05, 0) is 85.9 Å². The molecule has 7 atom stereocenters. The monoisotopic (exact) mass is 757 g/mol. The predicted molar refractivity (Wildman–Crippen MR) is 205 cm³/mol. The number of fused-ring (bicyclic) bond motifs is 1. The van der Waals surface area contributed by atoms with Crippen molar-refractivity contribution >= 4 is 33.7 Å². The maximum Gasteiger partial charge on any atom is 0.259 e. The van der Waals surface area contributed by atoms with Crippen molar-refractivity contribution in [3.63, 3.8) is 0 Å². The molecule has 0 radical (unpaired) electrons. The van der Waals surface area contributed by atoms with Crippen LogP contribution in [0.25, 0.3) is 0 Å². The summed E-state index contributed by atoms with van der Waals surface area (Å²) in [6.07, 6.45) is 14.9. The molecule has 6 aliphatic rings. The zero-order valence-corrected chi connectivity index (χ0v) is 34.3. The Hall–Kier alpha value is -2.47. The number of carbonyl (C=O) groups is 4. The number of carbonyl (C=O) groups excluding carboxylic acids is 4. The third kappa shape index (κ3) is 6.47. The molecule has 0 aromatic heterocycles. The van der Waals surface area contributed by atoms with Crippen LogP contribution >= 0.6 is 0 Å². The number of likely N-dealkylation sites (tertiary alicyclic amines) is 1. The number of rotatable bonds is 11. The van der Waals surface area contributed by atoms with E-state index in [2.05, 4.69) is 42.7 Å². The number of hydrogen-bond donors (Lipinski definition) is 4. The first-order chi connectivity index (χ1) is 24.6. The van der Waals surface area contributed by atoms with E-state index < -0.39 is 62.1 Å². The quantitative estimate of drug-likeness (QED) is 0.213. The lowest BCUT2D eigenvalue weighted by atomic mass is 9.70. The zero-order chi connectivity index (χ0) is 39.0. The minimum atomic E-state index is -4.01. The number of sulfonamides is 1. The van der Waals surface area contributed by atoms with E-state index in [-0.39, 0.29) is 45.8 Å². The number of amides is 4. The smallest absolute Gasteiger partial charge is 0.259 e. The lowest BCUT2D eigenvalue weighted by molar-refractivity contribution is -0.145. The van der Waals surface area contributed by atoms with Gasteiger partial charge in [0.15, 0.2) is 0 Å². The van der Waals surface area contributed by atoms with Crippen LogP contribution in [-0.4, -0.2) is 72.4 Å². The first-order valence-corrected chi connectivity index (χ1v) is 22.0. The van der Waals surface area contributed by atoms with Crippen LogP contribution < -0.4 is 21.1 Å². The molecule has 0 aromatic carbocycles. The Labute approximate surface area is 318 Å². The van der Waals surface area contributed by atoms with Gasteiger partial charge in [-0.2, -0.15) is 0 Å². The van der Waals surface area contributed by atoms with E-state index in [1.807, 2.05) is 20.8 Å². The van der Waals surface area contributed by atoms with E-state index >= 15 is 0 Å². The summed E-state index contributed by atoms with van der Waals surface area (Å²) in [7, 11) is -4.01. The predicted octanol–water partition coefficient (Wildman–Crippen LogP) is 5.09. The van der Waals surface area contributed by atoms with Crippen LogP contribution in [0.15, 0.2) is 12.7 Å². The fraction of sp³-hybridized carbons (Fsp3) is 0.854. The molecule has 6 fully saturated rings. The van der Waals surface area contributed by atoms with Crippen LogP contribution in [0.1, 0.15) is 145 Å². The normalized spacial score (nSPS) is 33.2. The van der Waals surface area contributed by atoms with Gasteiger partial charge in [0.1, 0.15) is 17.6 Å². The van der Waals surface area contributed by atoms with Gasteiger partial charge in [0.2, 0.25) is 27.7 Å². The molecule has 5 N–H and O–H groups in total. The Balaban J connectivity index is 1.26. The van der Waals surface area contributed by atoms with Crippen LogP contribution in [0.4, 0.5) is 0 Å². The second-order valence-corrected chi connectivity index (χ2v) is 22.0. The van der Waals surface area contributed by atoms with Crippen molar-refractivity contribution in [2.24, 2.45) is 44.6 Å². The van der Waals surface area contributed by atoms with Crippen LogP contribution in [0.5, 0.6) is 0 Å². The maximum atomic E-state index is 14.9. The highest BCUT2D eigenvalue weighted by atomic mass is 32.2. The number of nitrogens with two attached hydrogens (primary N) is 1. The molecule has 7 unspecified atom stereocenters. The molecule has 0 bridgehead atoms. The Morgan fingerprint density at radius 2 is 1.49 bits per heavy atom. The van der Waals surface area contributed by atoms with E-state index in [4.69, 9.17) is 5.73 Å². The third-order valence-electron chi connectivity index (χ3n) is 15.9. The molecule has 4 amide bonds. The van der Waals surface area contributed by atoms with Crippen molar-refractivity contribution in [3.05, 3.63) is 12.7 Å².